The van der Waals surface area contributed by atoms with Crippen LogP contribution in [-0.4, -0.2) is 43.5 Å². The third-order valence-corrected chi connectivity index (χ3v) is 4.35. The van der Waals surface area contributed by atoms with E-state index in [4.69, 9.17) is 4.42 Å². The Balaban J connectivity index is 1.48. The van der Waals surface area contributed by atoms with Crippen LogP contribution in [0.3, 0.4) is 0 Å². The number of hydrogen-bond donors (Lipinski definition) is 1. The Kier molecular flexibility index (Phi) is 5.15. The minimum Gasteiger partial charge on any atom is -0.468 e. The highest BCUT2D eigenvalue weighted by atomic mass is 19.1. The lowest BCUT2D eigenvalue weighted by atomic mass is 10.2. The number of carbonyl (C=O) groups excluding carboxylic acids is 1. The molecule has 3 rings (SSSR count). The summed E-state index contributed by atoms with van der Waals surface area (Å²) in [4.78, 5) is 16.1. The number of nitrogens with one attached hydrogen (secondary N) is 1. The molecule has 128 valence electrons. The van der Waals surface area contributed by atoms with E-state index >= 15 is 0 Å². The quantitative estimate of drug-likeness (QED) is 0.914. The molecule has 0 spiro atoms. The van der Waals surface area contributed by atoms with Crippen molar-refractivity contribution in [3.63, 3.8) is 0 Å². The van der Waals surface area contributed by atoms with Crippen molar-refractivity contribution in [2.75, 3.05) is 37.6 Å². The van der Waals surface area contributed by atoms with E-state index in [0.717, 1.165) is 5.76 Å². The number of piperazine rings is 1. The molecular weight excluding hydrogens is 309 g/mol. The largest absolute Gasteiger partial charge is 0.468 e. The van der Waals surface area contributed by atoms with E-state index in [9.17, 15) is 9.18 Å². The van der Waals surface area contributed by atoms with Gasteiger partial charge in [-0.15, -0.1) is 0 Å². The van der Waals surface area contributed by atoms with Gasteiger partial charge in [0.15, 0.2) is 0 Å². The van der Waals surface area contributed by atoms with E-state index in [0.29, 0.717) is 31.9 Å². The van der Waals surface area contributed by atoms with Gasteiger partial charge in [0.25, 0.3) is 0 Å². The van der Waals surface area contributed by atoms with Crippen LogP contribution < -0.4 is 10.2 Å². The Morgan fingerprint density at radius 2 is 1.96 bits per heavy atom. The number of amides is 1. The van der Waals surface area contributed by atoms with E-state index in [-0.39, 0.29) is 24.3 Å². The molecule has 0 saturated carbocycles. The van der Waals surface area contributed by atoms with Crippen LogP contribution in [0.2, 0.25) is 0 Å². The number of hydrogen-bond acceptors (Lipinski definition) is 4. The van der Waals surface area contributed by atoms with Gasteiger partial charge in [0.05, 0.1) is 24.5 Å². The lowest BCUT2D eigenvalue weighted by Gasteiger charge is -2.36. The molecule has 2 aromatic rings. The van der Waals surface area contributed by atoms with Crippen molar-refractivity contribution in [2.45, 2.75) is 13.0 Å². The lowest BCUT2D eigenvalue weighted by molar-refractivity contribution is -0.130. The van der Waals surface area contributed by atoms with Crippen LogP contribution in [-0.2, 0) is 4.79 Å². The molecule has 1 fully saturated rings. The fourth-order valence-corrected chi connectivity index (χ4v) is 2.90. The summed E-state index contributed by atoms with van der Waals surface area (Å²) in [5, 5.41) is 3.18. The molecule has 1 aliphatic heterocycles. The highest BCUT2D eigenvalue weighted by Crippen LogP contribution is 2.20. The Morgan fingerprint density at radius 3 is 2.62 bits per heavy atom. The summed E-state index contributed by atoms with van der Waals surface area (Å²) < 4.78 is 19.2. The third kappa shape index (κ3) is 3.76. The zero-order valence-corrected chi connectivity index (χ0v) is 13.7. The topological polar surface area (TPSA) is 48.7 Å². The first kappa shape index (κ1) is 16.5. The van der Waals surface area contributed by atoms with Crippen LogP contribution in [0.25, 0.3) is 0 Å². The second-order valence-electron chi connectivity index (χ2n) is 5.94. The maximum Gasteiger partial charge on any atom is 0.236 e. The minimum atomic E-state index is -0.216. The van der Waals surface area contributed by atoms with Crippen molar-refractivity contribution in [3.05, 3.63) is 54.2 Å². The molecule has 1 aromatic heterocycles. The first-order valence-electron chi connectivity index (χ1n) is 8.19. The van der Waals surface area contributed by atoms with Crippen molar-refractivity contribution in [1.29, 1.82) is 0 Å². The van der Waals surface area contributed by atoms with Gasteiger partial charge >= 0.3 is 0 Å². The summed E-state index contributed by atoms with van der Waals surface area (Å²) in [6, 6.07) is 10.5. The lowest BCUT2D eigenvalue weighted by Crippen LogP contribution is -2.51. The van der Waals surface area contributed by atoms with Gasteiger partial charge in [-0.1, -0.05) is 12.1 Å². The number of carbonyl (C=O) groups is 1. The van der Waals surface area contributed by atoms with Crippen LogP contribution >= 0.6 is 0 Å². The van der Waals surface area contributed by atoms with Crippen molar-refractivity contribution in [1.82, 2.24) is 10.2 Å². The molecule has 5 nitrogen and oxygen atoms in total. The zero-order valence-electron chi connectivity index (χ0n) is 13.7. The Labute approximate surface area is 141 Å². The second-order valence-corrected chi connectivity index (χ2v) is 5.94. The van der Waals surface area contributed by atoms with Gasteiger partial charge in [0.2, 0.25) is 5.91 Å². The van der Waals surface area contributed by atoms with Gasteiger partial charge in [-0.25, -0.2) is 4.39 Å². The van der Waals surface area contributed by atoms with E-state index in [1.807, 2.05) is 34.9 Å². The maximum absolute atomic E-state index is 13.8. The van der Waals surface area contributed by atoms with Crippen molar-refractivity contribution >= 4 is 11.6 Å². The van der Waals surface area contributed by atoms with Crippen LogP contribution in [0.4, 0.5) is 10.1 Å². The highest BCUT2D eigenvalue weighted by molar-refractivity contribution is 5.78. The van der Waals surface area contributed by atoms with Gasteiger partial charge in [-0.3, -0.25) is 10.1 Å². The first-order valence-corrected chi connectivity index (χ1v) is 8.19. The third-order valence-electron chi connectivity index (χ3n) is 4.35. The Hall–Kier alpha value is -2.34. The average Bonchev–Trinajstić information content (AvgIpc) is 3.15. The number of anilines is 1. The van der Waals surface area contributed by atoms with E-state index in [2.05, 4.69) is 5.32 Å². The molecule has 1 aromatic carbocycles. The number of nitrogens with zero attached hydrogens (tertiary/aromatic N) is 2. The van der Waals surface area contributed by atoms with Crippen LogP contribution in [0.5, 0.6) is 0 Å². The summed E-state index contributed by atoms with van der Waals surface area (Å²) in [5.41, 5.74) is 0.606. The Morgan fingerprint density at radius 1 is 1.21 bits per heavy atom. The molecule has 1 N–H and O–H groups in total. The predicted octanol–water partition coefficient (Wildman–Crippen LogP) is 2.42. The fraction of sp³-hybridized carbons (Fsp3) is 0.389. The molecule has 1 amide bonds. The molecule has 1 aliphatic rings. The molecule has 2 heterocycles. The van der Waals surface area contributed by atoms with Gasteiger partial charge in [0.1, 0.15) is 11.6 Å². The molecule has 1 saturated heterocycles. The summed E-state index contributed by atoms with van der Waals surface area (Å²) >= 11 is 0. The van der Waals surface area contributed by atoms with Gasteiger partial charge in [-0.05, 0) is 31.2 Å². The molecule has 0 aliphatic carbocycles. The van der Waals surface area contributed by atoms with Crippen molar-refractivity contribution in [3.8, 4) is 0 Å². The standard InChI is InChI=1S/C18H22FN3O2/c1-14(17-7-4-12-24-17)20-13-18(23)22-10-8-21(9-11-22)16-6-3-2-5-15(16)19/h2-7,12,14,20H,8-11,13H2,1H3/t14-/m1/s1. The number of rotatable bonds is 5. The molecule has 6 heteroatoms. The fourth-order valence-electron chi connectivity index (χ4n) is 2.90. The smallest absolute Gasteiger partial charge is 0.236 e. The molecular formula is C18H22FN3O2. The summed E-state index contributed by atoms with van der Waals surface area (Å²) in [6.45, 7) is 4.71. The number of para-hydroxylation sites is 1. The summed E-state index contributed by atoms with van der Waals surface area (Å²) in [5.74, 6) is 0.653. The highest BCUT2D eigenvalue weighted by Gasteiger charge is 2.23. The monoisotopic (exact) mass is 331 g/mol. The predicted molar refractivity (Wildman–Crippen MR) is 90.3 cm³/mol. The molecule has 24 heavy (non-hydrogen) atoms. The van der Waals surface area contributed by atoms with Crippen LogP contribution in [0, 0.1) is 5.82 Å². The minimum absolute atomic E-state index is 0.0105. The van der Waals surface area contributed by atoms with Gasteiger partial charge < -0.3 is 14.2 Å². The molecule has 0 radical (unpaired) electrons. The SMILES string of the molecule is C[C@@H](NCC(=O)N1CCN(c2ccccc2F)CC1)c1ccco1. The molecule has 0 unspecified atom stereocenters. The summed E-state index contributed by atoms with van der Waals surface area (Å²) in [6.07, 6.45) is 1.62. The number of halogens is 1. The van der Waals surface area contributed by atoms with Gasteiger partial charge in [-0.2, -0.15) is 0 Å². The van der Waals surface area contributed by atoms with E-state index in [1.165, 1.54) is 6.07 Å². The van der Waals surface area contributed by atoms with Crippen molar-refractivity contribution < 1.29 is 13.6 Å². The zero-order chi connectivity index (χ0) is 16.9. The van der Waals surface area contributed by atoms with Gasteiger partial charge in [0, 0.05) is 26.2 Å². The number of furan rings is 1. The second kappa shape index (κ2) is 7.49. The normalized spacial score (nSPS) is 16.2. The van der Waals surface area contributed by atoms with Crippen molar-refractivity contribution in [2.24, 2.45) is 0 Å². The van der Waals surface area contributed by atoms with E-state index < -0.39 is 0 Å². The van der Waals surface area contributed by atoms with E-state index in [1.54, 1.807) is 18.4 Å². The molecule has 1 atom stereocenters. The van der Waals surface area contributed by atoms with Crippen LogP contribution in [0.15, 0.2) is 47.1 Å². The molecule has 0 bridgehead atoms. The Bertz CT molecular complexity index is 667. The first-order chi connectivity index (χ1) is 11.6. The number of benzene rings is 1. The average molecular weight is 331 g/mol. The maximum atomic E-state index is 13.8. The van der Waals surface area contributed by atoms with Crippen LogP contribution in [0.1, 0.15) is 18.7 Å². The summed E-state index contributed by atoms with van der Waals surface area (Å²) in [7, 11) is 0.